The van der Waals surface area contributed by atoms with Crippen LogP contribution in [0.2, 0.25) is 0 Å². The lowest BCUT2D eigenvalue weighted by Crippen LogP contribution is -2.05. The molecule has 0 atom stereocenters. The van der Waals surface area contributed by atoms with E-state index < -0.39 is 5.97 Å². The molecule has 0 spiro atoms. The van der Waals surface area contributed by atoms with Crippen LogP contribution in [0.25, 0.3) is 0 Å². The van der Waals surface area contributed by atoms with Gasteiger partial charge in [0.1, 0.15) is 23.8 Å². The molecule has 0 radical (unpaired) electrons. The molecule has 0 aliphatic rings. The van der Waals surface area contributed by atoms with E-state index in [1.54, 1.807) is 28.9 Å². The Balaban J connectivity index is 1.43. The van der Waals surface area contributed by atoms with Crippen LogP contribution in [0.1, 0.15) is 50.4 Å². The topological polar surface area (TPSA) is 102 Å². The first-order chi connectivity index (χ1) is 16.4. The SMILES string of the molecule is COC(=O)c1cc(C)cc(OCCCCn2cc(COc3cc(C)cc(C(=O)OC)c3)nn2)c1. The van der Waals surface area contributed by atoms with Crippen LogP contribution < -0.4 is 9.47 Å². The van der Waals surface area contributed by atoms with Gasteiger partial charge in [0.05, 0.1) is 38.2 Å². The molecule has 0 aliphatic carbocycles. The second-order valence-corrected chi connectivity index (χ2v) is 7.87. The first-order valence-electron chi connectivity index (χ1n) is 10.9. The van der Waals surface area contributed by atoms with Crippen LogP contribution in [-0.2, 0) is 22.6 Å². The largest absolute Gasteiger partial charge is 0.494 e. The summed E-state index contributed by atoms with van der Waals surface area (Å²) in [6.07, 6.45) is 3.49. The zero-order valence-corrected chi connectivity index (χ0v) is 19.9. The number of hydrogen-bond donors (Lipinski definition) is 0. The Morgan fingerprint density at radius 2 is 1.41 bits per heavy atom. The van der Waals surface area contributed by atoms with Gasteiger partial charge in [0.2, 0.25) is 0 Å². The minimum Gasteiger partial charge on any atom is -0.494 e. The second-order valence-electron chi connectivity index (χ2n) is 7.87. The standard InChI is InChI=1S/C25H29N3O6/c1-17-9-19(24(29)31-3)13-22(11-17)33-8-6-5-7-28-15-21(26-27-28)16-34-23-12-18(2)10-20(14-23)25(30)32-4/h9-15H,5-8,16H2,1-4H3. The van der Waals surface area contributed by atoms with Crippen LogP contribution in [0.5, 0.6) is 11.5 Å². The third-order valence-corrected chi connectivity index (χ3v) is 4.97. The summed E-state index contributed by atoms with van der Waals surface area (Å²) in [6.45, 7) is 5.24. The Hall–Kier alpha value is -3.88. The van der Waals surface area contributed by atoms with E-state index in [9.17, 15) is 9.59 Å². The smallest absolute Gasteiger partial charge is 0.337 e. The van der Waals surface area contributed by atoms with Crippen molar-refractivity contribution in [3.05, 3.63) is 70.5 Å². The fourth-order valence-corrected chi connectivity index (χ4v) is 3.37. The summed E-state index contributed by atoms with van der Waals surface area (Å²) in [5.74, 6) is 0.422. The Morgan fingerprint density at radius 1 is 0.824 bits per heavy atom. The molecule has 9 heteroatoms. The molecule has 0 unspecified atom stereocenters. The summed E-state index contributed by atoms with van der Waals surface area (Å²) < 4.78 is 22.9. The molecular weight excluding hydrogens is 438 g/mol. The molecule has 0 N–H and O–H groups in total. The van der Waals surface area contributed by atoms with Gasteiger partial charge in [0.25, 0.3) is 0 Å². The molecule has 180 valence electrons. The summed E-state index contributed by atoms with van der Waals surface area (Å²) in [5, 5.41) is 8.27. The summed E-state index contributed by atoms with van der Waals surface area (Å²) in [6, 6.07) is 10.6. The summed E-state index contributed by atoms with van der Waals surface area (Å²) in [4.78, 5) is 23.5. The van der Waals surface area contributed by atoms with Crippen LogP contribution >= 0.6 is 0 Å². The maximum absolute atomic E-state index is 11.8. The summed E-state index contributed by atoms with van der Waals surface area (Å²) in [5.41, 5.74) is 3.43. The van der Waals surface area contributed by atoms with Crippen LogP contribution in [-0.4, -0.2) is 47.8 Å². The average molecular weight is 468 g/mol. The van der Waals surface area contributed by atoms with Gasteiger partial charge in [-0.25, -0.2) is 9.59 Å². The van der Waals surface area contributed by atoms with E-state index in [0.717, 1.165) is 24.0 Å². The molecule has 3 aromatic rings. The van der Waals surface area contributed by atoms with Gasteiger partial charge < -0.3 is 18.9 Å². The number of unbranched alkanes of at least 4 members (excludes halogenated alkanes) is 1. The van der Waals surface area contributed by atoms with Crippen LogP contribution in [0, 0.1) is 13.8 Å². The molecule has 9 nitrogen and oxygen atoms in total. The van der Waals surface area contributed by atoms with Crippen molar-refractivity contribution in [2.45, 2.75) is 39.8 Å². The fourth-order valence-electron chi connectivity index (χ4n) is 3.37. The van der Waals surface area contributed by atoms with Crippen LogP contribution in [0.4, 0.5) is 0 Å². The van der Waals surface area contributed by atoms with Crippen molar-refractivity contribution < 1.29 is 28.5 Å². The van der Waals surface area contributed by atoms with Crippen molar-refractivity contribution in [1.82, 2.24) is 15.0 Å². The molecule has 1 aromatic heterocycles. The highest BCUT2D eigenvalue weighted by molar-refractivity contribution is 5.90. The van der Waals surface area contributed by atoms with Gasteiger partial charge in [0.15, 0.2) is 0 Å². The minimum atomic E-state index is -0.408. The lowest BCUT2D eigenvalue weighted by Gasteiger charge is -2.09. The number of esters is 2. The fraction of sp³-hybridized carbons (Fsp3) is 0.360. The number of benzene rings is 2. The Kier molecular flexibility index (Phi) is 8.61. The Morgan fingerprint density at radius 3 is 2.00 bits per heavy atom. The normalized spacial score (nSPS) is 10.6. The Bertz CT molecular complexity index is 1140. The van der Waals surface area contributed by atoms with Crippen molar-refractivity contribution in [2.24, 2.45) is 0 Å². The van der Waals surface area contributed by atoms with Gasteiger partial charge in [-0.1, -0.05) is 5.21 Å². The molecule has 0 aliphatic heterocycles. The van der Waals surface area contributed by atoms with Gasteiger partial charge in [-0.2, -0.15) is 0 Å². The minimum absolute atomic E-state index is 0.239. The highest BCUT2D eigenvalue weighted by Gasteiger charge is 2.10. The molecule has 0 bridgehead atoms. The maximum Gasteiger partial charge on any atom is 0.337 e. The molecule has 0 amide bonds. The van der Waals surface area contributed by atoms with Crippen molar-refractivity contribution in [3.63, 3.8) is 0 Å². The number of carbonyl (C=O) groups excluding carboxylic acids is 2. The maximum atomic E-state index is 11.8. The number of aromatic nitrogens is 3. The first kappa shape index (κ1) is 24.8. The highest BCUT2D eigenvalue weighted by Crippen LogP contribution is 2.19. The predicted octanol–water partition coefficient (Wildman–Crippen LogP) is 3.91. The van der Waals surface area contributed by atoms with Crippen molar-refractivity contribution in [3.8, 4) is 11.5 Å². The number of hydrogen-bond acceptors (Lipinski definition) is 8. The molecule has 1 heterocycles. The summed E-state index contributed by atoms with van der Waals surface area (Å²) >= 11 is 0. The van der Waals surface area contributed by atoms with Gasteiger partial charge in [0, 0.05) is 6.54 Å². The number of ether oxygens (including phenoxy) is 4. The van der Waals surface area contributed by atoms with E-state index in [0.29, 0.717) is 41.5 Å². The molecule has 3 rings (SSSR count). The third kappa shape index (κ3) is 7.06. The second kappa shape index (κ2) is 11.8. The first-order valence-corrected chi connectivity index (χ1v) is 10.9. The van der Waals surface area contributed by atoms with Crippen molar-refractivity contribution >= 4 is 11.9 Å². The average Bonchev–Trinajstić information content (AvgIpc) is 3.28. The monoisotopic (exact) mass is 467 g/mol. The zero-order valence-electron chi connectivity index (χ0n) is 19.9. The zero-order chi connectivity index (χ0) is 24.5. The van der Waals surface area contributed by atoms with E-state index in [4.69, 9.17) is 18.9 Å². The third-order valence-electron chi connectivity index (χ3n) is 4.97. The lowest BCUT2D eigenvalue weighted by molar-refractivity contribution is 0.0591. The predicted molar refractivity (Wildman–Crippen MR) is 124 cm³/mol. The molecule has 34 heavy (non-hydrogen) atoms. The molecular formula is C25H29N3O6. The van der Waals surface area contributed by atoms with Crippen molar-refractivity contribution in [2.75, 3.05) is 20.8 Å². The van der Waals surface area contributed by atoms with Gasteiger partial charge in [-0.3, -0.25) is 4.68 Å². The van der Waals surface area contributed by atoms with Gasteiger partial charge >= 0.3 is 11.9 Å². The van der Waals surface area contributed by atoms with Gasteiger partial charge in [-0.15, -0.1) is 5.10 Å². The number of nitrogens with zero attached hydrogens (tertiary/aromatic N) is 3. The van der Waals surface area contributed by atoms with E-state index >= 15 is 0 Å². The van der Waals surface area contributed by atoms with E-state index in [-0.39, 0.29) is 12.6 Å². The molecule has 0 fully saturated rings. The Labute approximate surface area is 198 Å². The number of carbonyl (C=O) groups is 2. The summed E-state index contributed by atoms with van der Waals surface area (Å²) in [7, 11) is 2.70. The number of aryl methyl sites for hydroxylation is 3. The van der Waals surface area contributed by atoms with Crippen molar-refractivity contribution in [1.29, 1.82) is 0 Å². The van der Waals surface area contributed by atoms with E-state index in [2.05, 4.69) is 10.3 Å². The quantitative estimate of drug-likeness (QED) is 0.309. The van der Waals surface area contributed by atoms with Crippen LogP contribution in [0.3, 0.4) is 0 Å². The van der Waals surface area contributed by atoms with Crippen LogP contribution in [0.15, 0.2) is 42.6 Å². The molecule has 2 aromatic carbocycles. The number of rotatable bonds is 11. The molecule has 0 saturated carbocycles. The van der Waals surface area contributed by atoms with E-state index in [1.807, 2.05) is 32.2 Å². The van der Waals surface area contributed by atoms with E-state index in [1.165, 1.54) is 14.2 Å². The number of methoxy groups -OCH3 is 2. The highest BCUT2D eigenvalue weighted by atomic mass is 16.5. The van der Waals surface area contributed by atoms with Gasteiger partial charge in [-0.05, 0) is 74.2 Å². The lowest BCUT2D eigenvalue weighted by atomic mass is 10.1. The molecule has 0 saturated heterocycles.